The number of halogens is 2. The third-order valence-corrected chi connectivity index (χ3v) is 5.58. The SMILES string of the molecule is O=C(CN(C(=O)c1ccc(Cl)cc1)N1C(=O)c2ccccc2C1=O)c1ccc(Br)cc1. The van der Waals surface area contributed by atoms with Gasteiger partial charge in [-0.15, -0.1) is 0 Å². The Kier molecular flexibility index (Phi) is 5.71. The van der Waals surface area contributed by atoms with E-state index in [1.807, 2.05) is 0 Å². The molecule has 0 aromatic heterocycles. The molecular weight excluding hydrogens is 484 g/mol. The number of hydrogen-bond acceptors (Lipinski definition) is 4. The van der Waals surface area contributed by atoms with Gasteiger partial charge in [0.2, 0.25) is 0 Å². The van der Waals surface area contributed by atoms with Gasteiger partial charge in [-0.2, -0.15) is 5.01 Å². The van der Waals surface area contributed by atoms with Gasteiger partial charge in [0, 0.05) is 20.6 Å². The average Bonchev–Trinajstić information content (AvgIpc) is 3.03. The maximum Gasteiger partial charge on any atom is 0.280 e. The van der Waals surface area contributed by atoms with Crippen LogP contribution in [-0.2, 0) is 0 Å². The highest BCUT2D eigenvalue weighted by atomic mass is 79.9. The number of imide groups is 1. The fourth-order valence-electron chi connectivity index (χ4n) is 3.23. The first-order valence-corrected chi connectivity index (χ1v) is 10.4. The molecule has 4 rings (SSSR count). The van der Waals surface area contributed by atoms with Crippen molar-refractivity contribution in [3.63, 3.8) is 0 Å². The Bertz CT molecular complexity index is 1170. The van der Waals surface area contributed by atoms with Crippen LogP contribution in [0.3, 0.4) is 0 Å². The van der Waals surface area contributed by atoms with Crippen molar-refractivity contribution in [1.82, 2.24) is 10.0 Å². The Hall–Kier alpha value is -3.29. The van der Waals surface area contributed by atoms with Crippen LogP contribution in [0, 0.1) is 0 Å². The molecule has 0 unspecified atom stereocenters. The van der Waals surface area contributed by atoms with Crippen molar-refractivity contribution in [2.24, 2.45) is 0 Å². The number of fused-ring (bicyclic) bond motifs is 1. The van der Waals surface area contributed by atoms with Crippen molar-refractivity contribution >= 4 is 51.0 Å². The topological polar surface area (TPSA) is 74.8 Å². The number of carbonyl (C=O) groups excluding carboxylic acids is 4. The molecule has 1 heterocycles. The summed E-state index contributed by atoms with van der Waals surface area (Å²) in [5.74, 6) is -2.42. The number of carbonyl (C=O) groups is 4. The summed E-state index contributed by atoms with van der Waals surface area (Å²) < 4.78 is 0.790. The van der Waals surface area contributed by atoms with E-state index in [1.165, 1.54) is 36.4 Å². The van der Waals surface area contributed by atoms with Crippen molar-refractivity contribution in [3.8, 4) is 0 Å². The van der Waals surface area contributed by atoms with Gasteiger partial charge in [0.05, 0.1) is 11.1 Å². The maximum absolute atomic E-state index is 13.3. The first-order valence-electron chi connectivity index (χ1n) is 9.21. The third-order valence-electron chi connectivity index (χ3n) is 4.80. The van der Waals surface area contributed by atoms with E-state index in [1.54, 1.807) is 36.4 Å². The summed E-state index contributed by atoms with van der Waals surface area (Å²) in [6.07, 6.45) is 0. The molecule has 0 spiro atoms. The van der Waals surface area contributed by atoms with Crippen LogP contribution in [0.15, 0.2) is 77.3 Å². The molecule has 0 bridgehead atoms. The number of ketones is 1. The van der Waals surface area contributed by atoms with E-state index in [4.69, 9.17) is 11.6 Å². The molecule has 0 aliphatic carbocycles. The molecule has 0 saturated heterocycles. The molecule has 3 aromatic carbocycles. The second kappa shape index (κ2) is 8.45. The van der Waals surface area contributed by atoms with E-state index in [-0.39, 0.29) is 16.7 Å². The lowest BCUT2D eigenvalue weighted by Gasteiger charge is -2.29. The fraction of sp³-hybridized carbons (Fsp3) is 0.0435. The van der Waals surface area contributed by atoms with Crippen LogP contribution < -0.4 is 0 Å². The summed E-state index contributed by atoms with van der Waals surface area (Å²) >= 11 is 9.21. The zero-order valence-corrected chi connectivity index (χ0v) is 18.3. The van der Waals surface area contributed by atoms with E-state index in [2.05, 4.69) is 15.9 Å². The molecule has 31 heavy (non-hydrogen) atoms. The second-order valence-corrected chi connectivity index (χ2v) is 8.12. The highest BCUT2D eigenvalue weighted by Gasteiger charge is 2.42. The van der Waals surface area contributed by atoms with Gasteiger partial charge in [-0.3, -0.25) is 19.2 Å². The van der Waals surface area contributed by atoms with E-state index in [9.17, 15) is 19.2 Å². The van der Waals surface area contributed by atoms with Gasteiger partial charge in [-0.25, -0.2) is 5.01 Å². The Morgan fingerprint density at radius 3 is 1.87 bits per heavy atom. The molecule has 3 amide bonds. The van der Waals surface area contributed by atoms with E-state index >= 15 is 0 Å². The summed E-state index contributed by atoms with van der Waals surface area (Å²) in [7, 11) is 0. The molecule has 0 atom stereocenters. The van der Waals surface area contributed by atoms with Crippen LogP contribution in [-0.4, -0.2) is 40.1 Å². The minimum atomic E-state index is -0.670. The van der Waals surface area contributed by atoms with Crippen molar-refractivity contribution in [3.05, 3.63) is 105 Å². The Balaban J connectivity index is 1.72. The lowest BCUT2D eigenvalue weighted by molar-refractivity contribution is 0.00531. The van der Waals surface area contributed by atoms with Gasteiger partial charge in [0.25, 0.3) is 17.7 Å². The number of benzene rings is 3. The largest absolute Gasteiger partial charge is 0.292 e. The smallest absolute Gasteiger partial charge is 0.280 e. The van der Waals surface area contributed by atoms with Crippen LogP contribution in [0.4, 0.5) is 0 Å². The standard InChI is InChI=1S/C23H14BrClN2O4/c24-16-9-5-14(6-10-16)20(28)13-26(21(29)15-7-11-17(25)12-8-15)27-22(30)18-3-1-2-4-19(18)23(27)31/h1-12H,13H2. The molecule has 0 radical (unpaired) electrons. The summed E-state index contributed by atoms with van der Waals surface area (Å²) in [6, 6.07) is 18.9. The van der Waals surface area contributed by atoms with Crippen LogP contribution in [0.5, 0.6) is 0 Å². The highest BCUT2D eigenvalue weighted by molar-refractivity contribution is 9.10. The zero-order valence-electron chi connectivity index (χ0n) is 15.9. The second-order valence-electron chi connectivity index (χ2n) is 6.77. The first kappa shape index (κ1) is 21.0. The van der Waals surface area contributed by atoms with Crippen molar-refractivity contribution in [1.29, 1.82) is 0 Å². The summed E-state index contributed by atoms with van der Waals surface area (Å²) in [5, 5.41) is 2.05. The van der Waals surface area contributed by atoms with Crippen LogP contribution in [0.1, 0.15) is 41.4 Å². The van der Waals surface area contributed by atoms with Gasteiger partial charge in [0.15, 0.2) is 5.78 Å². The van der Waals surface area contributed by atoms with E-state index in [0.717, 1.165) is 14.5 Å². The van der Waals surface area contributed by atoms with Gasteiger partial charge >= 0.3 is 0 Å². The first-order chi connectivity index (χ1) is 14.9. The number of rotatable bonds is 5. The third kappa shape index (κ3) is 4.02. The van der Waals surface area contributed by atoms with E-state index < -0.39 is 30.0 Å². The Labute approximate surface area is 191 Å². The molecule has 1 aliphatic rings. The maximum atomic E-state index is 13.3. The summed E-state index contributed by atoms with van der Waals surface area (Å²) in [4.78, 5) is 52.2. The Morgan fingerprint density at radius 2 is 1.32 bits per heavy atom. The van der Waals surface area contributed by atoms with Gasteiger partial charge in [-0.05, 0) is 48.5 Å². The number of nitrogens with zero attached hydrogens (tertiary/aromatic N) is 2. The lowest BCUT2D eigenvalue weighted by atomic mass is 10.1. The number of Topliss-reactive ketones (excluding diaryl/α,β-unsaturated/α-hetero) is 1. The van der Waals surface area contributed by atoms with Crippen LogP contribution in [0.25, 0.3) is 0 Å². The molecule has 1 aliphatic heterocycles. The predicted octanol–water partition coefficient (Wildman–Crippen LogP) is 4.64. The van der Waals surface area contributed by atoms with Gasteiger partial charge in [0.1, 0.15) is 6.54 Å². The zero-order chi connectivity index (χ0) is 22.1. The minimum Gasteiger partial charge on any atom is -0.292 e. The van der Waals surface area contributed by atoms with Crippen LogP contribution in [0.2, 0.25) is 5.02 Å². The molecule has 6 nitrogen and oxygen atoms in total. The minimum absolute atomic E-state index is 0.178. The fourth-order valence-corrected chi connectivity index (χ4v) is 3.62. The van der Waals surface area contributed by atoms with Gasteiger partial charge < -0.3 is 0 Å². The Morgan fingerprint density at radius 1 is 0.806 bits per heavy atom. The summed E-state index contributed by atoms with van der Waals surface area (Å²) in [5.41, 5.74) is 0.883. The normalized spacial score (nSPS) is 12.6. The summed E-state index contributed by atoms with van der Waals surface area (Å²) in [6.45, 7) is -0.492. The number of amides is 3. The van der Waals surface area contributed by atoms with Crippen molar-refractivity contribution < 1.29 is 19.2 Å². The van der Waals surface area contributed by atoms with E-state index in [0.29, 0.717) is 10.6 Å². The molecule has 8 heteroatoms. The number of hydrogen-bond donors (Lipinski definition) is 0. The molecule has 0 N–H and O–H groups in total. The predicted molar refractivity (Wildman–Crippen MR) is 118 cm³/mol. The molecular formula is C23H14BrClN2O4. The highest BCUT2D eigenvalue weighted by Crippen LogP contribution is 2.26. The van der Waals surface area contributed by atoms with Gasteiger partial charge in [-0.1, -0.05) is 51.8 Å². The monoisotopic (exact) mass is 496 g/mol. The van der Waals surface area contributed by atoms with Crippen molar-refractivity contribution in [2.75, 3.05) is 6.54 Å². The average molecular weight is 498 g/mol. The van der Waals surface area contributed by atoms with Crippen LogP contribution >= 0.6 is 27.5 Å². The molecule has 0 saturated carbocycles. The number of hydrazine groups is 1. The molecule has 0 fully saturated rings. The molecule has 3 aromatic rings. The lowest BCUT2D eigenvalue weighted by Crippen LogP contribution is -2.51. The van der Waals surface area contributed by atoms with Crippen molar-refractivity contribution in [2.45, 2.75) is 0 Å². The molecule has 154 valence electrons. The quantitative estimate of drug-likeness (QED) is 0.380.